The van der Waals surface area contributed by atoms with Crippen molar-refractivity contribution in [2.24, 2.45) is 0 Å². The quantitative estimate of drug-likeness (QED) is 0.637. The Hall–Kier alpha value is -2.68. The summed E-state index contributed by atoms with van der Waals surface area (Å²) in [6.45, 7) is 0. The predicted molar refractivity (Wildman–Crippen MR) is 105 cm³/mol. The first-order valence-corrected chi connectivity index (χ1v) is 10.4. The van der Waals surface area contributed by atoms with Crippen molar-refractivity contribution in [3.63, 3.8) is 0 Å². The molecule has 1 aliphatic rings. The fraction of sp³-hybridized carbons (Fsp3) is 0.158. The Morgan fingerprint density at radius 2 is 1.89 bits per heavy atom. The first-order chi connectivity index (χ1) is 13.4. The lowest BCUT2D eigenvalue weighted by Gasteiger charge is -2.08. The lowest BCUT2D eigenvalue weighted by Crippen LogP contribution is -2.25. The molecule has 0 radical (unpaired) electrons. The van der Waals surface area contributed by atoms with Crippen LogP contribution in [0.5, 0.6) is 0 Å². The Bertz CT molecular complexity index is 1140. The Labute approximate surface area is 166 Å². The normalized spacial score (nSPS) is 14.0. The monoisotopic (exact) mass is 417 g/mol. The van der Waals surface area contributed by atoms with Crippen molar-refractivity contribution in [3.8, 4) is 11.3 Å². The Kier molecular flexibility index (Phi) is 4.92. The summed E-state index contributed by atoms with van der Waals surface area (Å²) >= 11 is 5.96. The molecular formula is C19H16ClN3O4S. The number of carbonyl (C=O) groups excluding carboxylic acids is 1. The van der Waals surface area contributed by atoms with Crippen LogP contribution >= 0.6 is 11.6 Å². The largest absolute Gasteiger partial charge is 0.355 e. The third-order valence-electron chi connectivity index (χ3n) is 4.15. The van der Waals surface area contributed by atoms with Crippen molar-refractivity contribution in [3.05, 3.63) is 65.3 Å². The highest BCUT2D eigenvalue weighted by Crippen LogP contribution is 2.25. The van der Waals surface area contributed by atoms with E-state index in [0.29, 0.717) is 22.0 Å². The first kappa shape index (κ1) is 18.7. The van der Waals surface area contributed by atoms with Gasteiger partial charge in [0.15, 0.2) is 11.5 Å². The van der Waals surface area contributed by atoms with Crippen LogP contribution in [0, 0.1) is 0 Å². The van der Waals surface area contributed by atoms with Gasteiger partial charge in [0.2, 0.25) is 10.0 Å². The summed E-state index contributed by atoms with van der Waals surface area (Å²) in [6.07, 6.45) is 1.69. The molecule has 0 bridgehead atoms. The van der Waals surface area contributed by atoms with Crippen LogP contribution in [0.3, 0.4) is 0 Å². The molecule has 28 heavy (non-hydrogen) atoms. The standard InChI is InChI=1S/C19H16ClN3O4S/c20-13-4-1-3-12(9-13)18-11-17(22-27-18)19(24)21-15-5-2-6-16(10-15)28(25,26)23-14-7-8-14/h1-6,9-11,14,23H,7-8H2,(H,21,24). The highest BCUT2D eigenvalue weighted by atomic mass is 35.5. The molecule has 0 saturated heterocycles. The molecule has 2 aromatic carbocycles. The molecule has 0 atom stereocenters. The summed E-state index contributed by atoms with van der Waals surface area (Å²) in [5.41, 5.74) is 1.11. The van der Waals surface area contributed by atoms with E-state index < -0.39 is 15.9 Å². The van der Waals surface area contributed by atoms with Gasteiger partial charge in [-0.1, -0.05) is 35.0 Å². The molecule has 1 aromatic heterocycles. The average Bonchev–Trinajstić information content (AvgIpc) is 3.32. The lowest BCUT2D eigenvalue weighted by atomic mass is 10.1. The Morgan fingerprint density at radius 3 is 2.64 bits per heavy atom. The van der Waals surface area contributed by atoms with Crippen LogP contribution in [-0.4, -0.2) is 25.5 Å². The van der Waals surface area contributed by atoms with Crippen molar-refractivity contribution in [2.45, 2.75) is 23.8 Å². The van der Waals surface area contributed by atoms with Crippen LogP contribution in [0.15, 0.2) is 64.0 Å². The number of rotatable bonds is 6. The summed E-state index contributed by atoms with van der Waals surface area (Å²) in [6, 6.07) is 14.5. The van der Waals surface area contributed by atoms with Crippen LogP contribution < -0.4 is 10.0 Å². The second-order valence-corrected chi connectivity index (χ2v) is 8.61. The molecule has 0 aliphatic heterocycles. The van der Waals surface area contributed by atoms with E-state index in [0.717, 1.165) is 12.8 Å². The molecule has 0 unspecified atom stereocenters. The zero-order chi connectivity index (χ0) is 19.7. The van der Waals surface area contributed by atoms with Gasteiger partial charge in [-0.3, -0.25) is 4.79 Å². The molecule has 1 heterocycles. The molecule has 7 nitrogen and oxygen atoms in total. The van der Waals surface area contributed by atoms with E-state index >= 15 is 0 Å². The highest BCUT2D eigenvalue weighted by molar-refractivity contribution is 7.89. The number of nitrogens with one attached hydrogen (secondary N) is 2. The number of halogens is 1. The fourth-order valence-electron chi connectivity index (χ4n) is 2.58. The molecule has 1 fully saturated rings. The SMILES string of the molecule is O=C(Nc1cccc(S(=O)(=O)NC2CC2)c1)c1cc(-c2cccc(Cl)c2)on1. The van der Waals surface area contributed by atoms with Crippen LogP contribution in [-0.2, 0) is 10.0 Å². The van der Waals surface area contributed by atoms with Gasteiger partial charge in [-0.2, -0.15) is 0 Å². The van der Waals surface area contributed by atoms with Crippen molar-refractivity contribution >= 4 is 33.2 Å². The maximum absolute atomic E-state index is 12.4. The topological polar surface area (TPSA) is 101 Å². The number of benzene rings is 2. The van der Waals surface area contributed by atoms with E-state index in [1.54, 1.807) is 36.4 Å². The molecule has 2 N–H and O–H groups in total. The van der Waals surface area contributed by atoms with Gasteiger partial charge < -0.3 is 9.84 Å². The van der Waals surface area contributed by atoms with Crippen LogP contribution in [0.1, 0.15) is 23.3 Å². The number of aromatic nitrogens is 1. The van der Waals surface area contributed by atoms with Crippen molar-refractivity contribution in [2.75, 3.05) is 5.32 Å². The van der Waals surface area contributed by atoms with E-state index in [-0.39, 0.29) is 16.6 Å². The van der Waals surface area contributed by atoms with Crippen molar-refractivity contribution < 1.29 is 17.7 Å². The number of nitrogens with zero attached hydrogens (tertiary/aromatic N) is 1. The van der Waals surface area contributed by atoms with Crippen molar-refractivity contribution in [1.82, 2.24) is 9.88 Å². The van der Waals surface area contributed by atoms with Gasteiger partial charge in [0, 0.05) is 28.4 Å². The molecule has 9 heteroatoms. The van der Waals surface area contributed by atoms with Gasteiger partial charge in [-0.25, -0.2) is 13.1 Å². The van der Waals surface area contributed by atoms with Gasteiger partial charge in [-0.05, 0) is 43.2 Å². The predicted octanol–water partition coefficient (Wildman–Crippen LogP) is 3.69. The number of hydrogen-bond acceptors (Lipinski definition) is 5. The number of sulfonamides is 1. The van der Waals surface area contributed by atoms with Gasteiger partial charge in [0.1, 0.15) is 0 Å². The molecule has 1 amide bonds. The third kappa shape index (κ3) is 4.24. The Morgan fingerprint density at radius 1 is 1.11 bits per heavy atom. The molecule has 0 spiro atoms. The van der Waals surface area contributed by atoms with Gasteiger partial charge in [-0.15, -0.1) is 0 Å². The molecule has 144 valence electrons. The number of anilines is 1. The lowest BCUT2D eigenvalue weighted by molar-refractivity contribution is 0.101. The molecular weight excluding hydrogens is 402 g/mol. The van der Waals surface area contributed by atoms with Gasteiger partial charge in [0.05, 0.1) is 4.90 Å². The highest BCUT2D eigenvalue weighted by Gasteiger charge is 2.28. The van der Waals surface area contributed by atoms with Crippen LogP contribution in [0.25, 0.3) is 11.3 Å². The number of carbonyl (C=O) groups is 1. The second-order valence-electron chi connectivity index (χ2n) is 6.46. The minimum Gasteiger partial charge on any atom is -0.355 e. The van der Waals surface area contributed by atoms with E-state index in [2.05, 4.69) is 15.2 Å². The summed E-state index contributed by atoms with van der Waals surface area (Å²) < 4.78 is 32.5. The zero-order valence-electron chi connectivity index (χ0n) is 14.6. The average molecular weight is 418 g/mol. The maximum atomic E-state index is 12.4. The molecule has 4 rings (SSSR count). The third-order valence-corrected chi connectivity index (χ3v) is 5.91. The van der Waals surface area contributed by atoms with Gasteiger partial charge in [0.25, 0.3) is 5.91 Å². The van der Waals surface area contributed by atoms with Crippen LogP contribution in [0.2, 0.25) is 5.02 Å². The number of amides is 1. The van der Waals surface area contributed by atoms with E-state index in [1.165, 1.54) is 18.2 Å². The van der Waals surface area contributed by atoms with E-state index in [1.807, 2.05) is 0 Å². The minimum atomic E-state index is -3.60. The molecule has 3 aromatic rings. The van der Waals surface area contributed by atoms with Crippen molar-refractivity contribution in [1.29, 1.82) is 0 Å². The summed E-state index contributed by atoms with van der Waals surface area (Å²) in [4.78, 5) is 12.5. The summed E-state index contributed by atoms with van der Waals surface area (Å²) in [7, 11) is -3.60. The summed E-state index contributed by atoms with van der Waals surface area (Å²) in [5, 5.41) is 6.95. The number of hydrogen-bond donors (Lipinski definition) is 2. The van der Waals surface area contributed by atoms with E-state index in [4.69, 9.17) is 16.1 Å². The van der Waals surface area contributed by atoms with Gasteiger partial charge >= 0.3 is 0 Å². The fourth-order valence-corrected chi connectivity index (χ4v) is 4.13. The van der Waals surface area contributed by atoms with Crippen LogP contribution in [0.4, 0.5) is 5.69 Å². The first-order valence-electron chi connectivity index (χ1n) is 8.57. The van der Waals surface area contributed by atoms with E-state index in [9.17, 15) is 13.2 Å². The molecule has 1 saturated carbocycles. The second kappa shape index (κ2) is 7.38. The smallest absolute Gasteiger partial charge is 0.277 e. The maximum Gasteiger partial charge on any atom is 0.277 e. The Balaban J connectivity index is 1.50. The molecule has 1 aliphatic carbocycles. The minimum absolute atomic E-state index is 0.00304. The zero-order valence-corrected chi connectivity index (χ0v) is 16.1. The summed E-state index contributed by atoms with van der Waals surface area (Å²) in [5.74, 6) is -0.112.